The summed E-state index contributed by atoms with van der Waals surface area (Å²) in [7, 11) is 1.58. The standard InChI is InChI=1S/C18H25NO2/c1-3-15-9-11-17(13-19,12-10-15)18(20,14-21-2)16-7-5-4-6-8-16/h4-8,15,20H,3,9-12,14H2,1-2H3. The summed E-state index contributed by atoms with van der Waals surface area (Å²) in [5, 5.41) is 21.2. The van der Waals surface area contributed by atoms with Crippen LogP contribution in [0.25, 0.3) is 0 Å². The van der Waals surface area contributed by atoms with Crippen LogP contribution in [0.3, 0.4) is 0 Å². The largest absolute Gasteiger partial charge is 0.381 e. The van der Waals surface area contributed by atoms with Gasteiger partial charge in [0.15, 0.2) is 0 Å². The summed E-state index contributed by atoms with van der Waals surface area (Å²) < 4.78 is 5.29. The Morgan fingerprint density at radius 1 is 1.33 bits per heavy atom. The van der Waals surface area contributed by atoms with Gasteiger partial charge in [-0.1, -0.05) is 43.7 Å². The van der Waals surface area contributed by atoms with Crippen LogP contribution in [-0.4, -0.2) is 18.8 Å². The van der Waals surface area contributed by atoms with E-state index in [0.717, 1.165) is 37.7 Å². The Hall–Kier alpha value is -1.37. The maximum absolute atomic E-state index is 11.4. The maximum atomic E-state index is 11.4. The normalized spacial score (nSPS) is 28.6. The molecule has 1 aromatic carbocycles. The van der Waals surface area contributed by atoms with E-state index in [0.29, 0.717) is 5.92 Å². The molecule has 0 amide bonds. The molecule has 3 nitrogen and oxygen atoms in total. The summed E-state index contributed by atoms with van der Waals surface area (Å²) in [6.07, 6.45) is 4.62. The molecule has 21 heavy (non-hydrogen) atoms. The van der Waals surface area contributed by atoms with Gasteiger partial charge in [-0.25, -0.2) is 0 Å². The summed E-state index contributed by atoms with van der Waals surface area (Å²) in [5.74, 6) is 0.675. The molecule has 1 aliphatic carbocycles. The van der Waals surface area contributed by atoms with E-state index in [-0.39, 0.29) is 6.61 Å². The molecule has 0 radical (unpaired) electrons. The van der Waals surface area contributed by atoms with Gasteiger partial charge in [0.1, 0.15) is 5.60 Å². The number of nitriles is 1. The fourth-order valence-corrected chi connectivity index (χ4v) is 3.62. The van der Waals surface area contributed by atoms with E-state index in [9.17, 15) is 10.4 Å². The number of benzene rings is 1. The quantitative estimate of drug-likeness (QED) is 0.899. The molecule has 1 unspecified atom stereocenters. The molecular formula is C18H25NO2. The van der Waals surface area contributed by atoms with Crippen molar-refractivity contribution in [3.8, 4) is 6.07 Å². The minimum atomic E-state index is -1.24. The molecule has 1 N–H and O–H groups in total. The highest BCUT2D eigenvalue weighted by atomic mass is 16.5. The highest BCUT2D eigenvalue weighted by Crippen LogP contribution is 2.51. The zero-order valence-electron chi connectivity index (χ0n) is 13.0. The van der Waals surface area contributed by atoms with Crippen molar-refractivity contribution in [3.05, 3.63) is 35.9 Å². The van der Waals surface area contributed by atoms with Crippen molar-refractivity contribution in [2.45, 2.75) is 44.6 Å². The average molecular weight is 287 g/mol. The molecule has 1 aromatic rings. The second-order valence-electron chi connectivity index (χ2n) is 6.20. The number of ether oxygens (including phenoxy) is 1. The lowest BCUT2D eigenvalue weighted by Crippen LogP contribution is -2.50. The summed E-state index contributed by atoms with van der Waals surface area (Å²) in [5.41, 5.74) is -1.21. The van der Waals surface area contributed by atoms with E-state index in [2.05, 4.69) is 13.0 Å². The van der Waals surface area contributed by atoms with E-state index in [4.69, 9.17) is 4.74 Å². The van der Waals surface area contributed by atoms with Gasteiger partial charge in [0.05, 0.1) is 18.1 Å². The first kappa shape index (κ1) is 16.0. The number of hydrogen-bond acceptors (Lipinski definition) is 3. The molecule has 2 rings (SSSR count). The van der Waals surface area contributed by atoms with Crippen molar-refractivity contribution in [2.24, 2.45) is 11.3 Å². The van der Waals surface area contributed by atoms with Crippen LogP contribution in [0.2, 0.25) is 0 Å². The number of rotatable bonds is 5. The van der Waals surface area contributed by atoms with Crippen LogP contribution in [0, 0.1) is 22.7 Å². The lowest BCUT2D eigenvalue weighted by Gasteiger charge is -2.46. The molecule has 0 aromatic heterocycles. The van der Waals surface area contributed by atoms with Crippen molar-refractivity contribution in [2.75, 3.05) is 13.7 Å². The molecule has 114 valence electrons. The van der Waals surface area contributed by atoms with E-state index in [1.54, 1.807) is 7.11 Å². The number of methoxy groups -OCH3 is 1. The SMILES string of the molecule is CCC1CCC(C#N)(C(O)(COC)c2ccccc2)CC1. The maximum Gasteiger partial charge on any atom is 0.131 e. The smallest absolute Gasteiger partial charge is 0.131 e. The predicted octanol–water partition coefficient (Wildman–Crippen LogP) is 3.63. The Kier molecular flexibility index (Phi) is 5.03. The summed E-state index contributed by atoms with van der Waals surface area (Å²) in [4.78, 5) is 0. The van der Waals surface area contributed by atoms with Crippen molar-refractivity contribution in [3.63, 3.8) is 0 Å². The number of nitrogens with zero attached hydrogens (tertiary/aromatic N) is 1. The molecule has 1 aliphatic rings. The lowest BCUT2D eigenvalue weighted by atomic mass is 9.60. The van der Waals surface area contributed by atoms with Crippen LogP contribution < -0.4 is 0 Å². The van der Waals surface area contributed by atoms with E-state index in [1.165, 1.54) is 0 Å². The Morgan fingerprint density at radius 3 is 2.43 bits per heavy atom. The molecule has 0 heterocycles. The molecule has 0 saturated heterocycles. The van der Waals surface area contributed by atoms with Gasteiger partial charge in [0.25, 0.3) is 0 Å². The van der Waals surface area contributed by atoms with Crippen molar-refractivity contribution >= 4 is 0 Å². The summed E-state index contributed by atoms with van der Waals surface area (Å²) in [6.45, 7) is 2.35. The Labute approximate surface area is 127 Å². The molecule has 1 fully saturated rings. The minimum absolute atomic E-state index is 0.154. The second kappa shape index (κ2) is 6.60. The van der Waals surface area contributed by atoms with Crippen LogP contribution in [0.4, 0.5) is 0 Å². The fourth-order valence-electron chi connectivity index (χ4n) is 3.62. The average Bonchev–Trinajstić information content (AvgIpc) is 2.55. The molecule has 0 bridgehead atoms. The predicted molar refractivity (Wildman–Crippen MR) is 82.5 cm³/mol. The monoisotopic (exact) mass is 287 g/mol. The van der Waals surface area contributed by atoms with E-state index >= 15 is 0 Å². The van der Waals surface area contributed by atoms with Gasteiger partial charge in [-0.3, -0.25) is 0 Å². The third-order valence-electron chi connectivity index (χ3n) is 5.15. The van der Waals surface area contributed by atoms with Gasteiger partial charge in [-0.2, -0.15) is 5.26 Å². The van der Waals surface area contributed by atoms with Crippen LogP contribution in [0.15, 0.2) is 30.3 Å². The first-order valence-corrected chi connectivity index (χ1v) is 7.80. The third kappa shape index (κ3) is 2.84. The second-order valence-corrected chi connectivity index (χ2v) is 6.20. The number of aliphatic hydroxyl groups is 1. The van der Waals surface area contributed by atoms with Gasteiger partial charge in [-0.05, 0) is 37.2 Å². The Bertz CT molecular complexity index is 486. The van der Waals surface area contributed by atoms with Gasteiger partial charge in [-0.15, -0.1) is 0 Å². The molecule has 0 aliphatic heterocycles. The zero-order valence-corrected chi connectivity index (χ0v) is 13.0. The third-order valence-corrected chi connectivity index (χ3v) is 5.15. The molecule has 3 heteroatoms. The highest BCUT2D eigenvalue weighted by molar-refractivity contribution is 5.29. The van der Waals surface area contributed by atoms with Crippen molar-refractivity contribution in [1.82, 2.24) is 0 Å². The van der Waals surface area contributed by atoms with Gasteiger partial charge >= 0.3 is 0 Å². The zero-order chi connectivity index (χ0) is 15.3. The van der Waals surface area contributed by atoms with Crippen LogP contribution >= 0.6 is 0 Å². The van der Waals surface area contributed by atoms with Crippen LogP contribution in [-0.2, 0) is 10.3 Å². The number of hydrogen-bond donors (Lipinski definition) is 1. The molecule has 1 atom stereocenters. The highest BCUT2D eigenvalue weighted by Gasteiger charge is 2.53. The lowest BCUT2D eigenvalue weighted by molar-refractivity contribution is -0.125. The molecular weight excluding hydrogens is 262 g/mol. The van der Waals surface area contributed by atoms with Gasteiger partial charge < -0.3 is 9.84 Å². The van der Waals surface area contributed by atoms with Gasteiger partial charge in [0.2, 0.25) is 0 Å². The van der Waals surface area contributed by atoms with E-state index < -0.39 is 11.0 Å². The van der Waals surface area contributed by atoms with Crippen LogP contribution in [0.5, 0.6) is 0 Å². The van der Waals surface area contributed by atoms with E-state index in [1.807, 2.05) is 30.3 Å². The van der Waals surface area contributed by atoms with Crippen molar-refractivity contribution in [1.29, 1.82) is 5.26 Å². The Balaban J connectivity index is 2.38. The molecule has 0 spiro atoms. The first-order valence-electron chi connectivity index (χ1n) is 7.80. The summed E-state index contributed by atoms with van der Waals surface area (Å²) >= 11 is 0. The van der Waals surface area contributed by atoms with Crippen LogP contribution in [0.1, 0.15) is 44.6 Å². The fraction of sp³-hybridized carbons (Fsp3) is 0.611. The van der Waals surface area contributed by atoms with Crippen molar-refractivity contribution < 1.29 is 9.84 Å². The topological polar surface area (TPSA) is 53.2 Å². The minimum Gasteiger partial charge on any atom is -0.381 e. The summed E-state index contributed by atoms with van der Waals surface area (Å²) in [6, 6.07) is 12.0. The Morgan fingerprint density at radius 2 is 1.95 bits per heavy atom. The first-order chi connectivity index (χ1) is 10.1. The van der Waals surface area contributed by atoms with Gasteiger partial charge in [0, 0.05) is 7.11 Å². The molecule has 1 saturated carbocycles.